The number of para-hydroxylation sites is 1. The number of hydrogen-bond acceptors (Lipinski definition) is 4. The Morgan fingerprint density at radius 2 is 2.21 bits per heavy atom. The van der Waals surface area contributed by atoms with Gasteiger partial charge in [-0.1, -0.05) is 42.0 Å². The normalized spacial score (nSPS) is 24.0. The van der Waals surface area contributed by atoms with Gasteiger partial charge in [0.05, 0.1) is 23.3 Å². The summed E-state index contributed by atoms with van der Waals surface area (Å²) in [5.74, 6) is 1.19. The third kappa shape index (κ3) is 3.31. The van der Waals surface area contributed by atoms with Gasteiger partial charge < -0.3 is 15.4 Å². The van der Waals surface area contributed by atoms with Crippen LogP contribution in [0.2, 0.25) is 5.02 Å². The SMILES string of the molecule is Clc1cc(NC2=CCC([C@H]3CNCCO3)C=C2)nc2ccccc12. The van der Waals surface area contributed by atoms with Crippen LogP contribution in [0.1, 0.15) is 6.42 Å². The lowest BCUT2D eigenvalue weighted by Gasteiger charge is -2.30. The molecule has 2 atom stereocenters. The van der Waals surface area contributed by atoms with Gasteiger partial charge in [0.1, 0.15) is 5.82 Å². The van der Waals surface area contributed by atoms with Crippen molar-refractivity contribution in [2.24, 2.45) is 5.92 Å². The van der Waals surface area contributed by atoms with E-state index in [-0.39, 0.29) is 6.10 Å². The Morgan fingerprint density at radius 1 is 1.29 bits per heavy atom. The molecule has 124 valence electrons. The Labute approximate surface area is 146 Å². The summed E-state index contributed by atoms with van der Waals surface area (Å²) >= 11 is 6.36. The fraction of sp³-hybridized carbons (Fsp3) is 0.316. The topological polar surface area (TPSA) is 46.2 Å². The maximum Gasteiger partial charge on any atom is 0.132 e. The molecule has 0 saturated carbocycles. The quantitative estimate of drug-likeness (QED) is 0.892. The van der Waals surface area contributed by atoms with E-state index in [2.05, 4.69) is 33.8 Å². The summed E-state index contributed by atoms with van der Waals surface area (Å²) < 4.78 is 5.84. The van der Waals surface area contributed by atoms with E-state index >= 15 is 0 Å². The van der Waals surface area contributed by atoms with Crippen LogP contribution in [0.15, 0.2) is 54.3 Å². The molecule has 0 spiro atoms. The minimum absolute atomic E-state index is 0.265. The number of ether oxygens (including phenoxy) is 1. The van der Waals surface area contributed by atoms with Crippen molar-refractivity contribution in [1.82, 2.24) is 10.3 Å². The predicted octanol–water partition coefficient (Wildman–Crippen LogP) is 3.75. The van der Waals surface area contributed by atoms with E-state index in [0.29, 0.717) is 10.9 Å². The Morgan fingerprint density at radius 3 is 3.00 bits per heavy atom. The van der Waals surface area contributed by atoms with Gasteiger partial charge in [-0.25, -0.2) is 4.98 Å². The highest BCUT2D eigenvalue weighted by atomic mass is 35.5. The molecule has 1 unspecified atom stereocenters. The van der Waals surface area contributed by atoms with E-state index in [1.54, 1.807) is 0 Å². The van der Waals surface area contributed by atoms with Gasteiger partial charge in [-0.3, -0.25) is 0 Å². The molecular formula is C19H20ClN3O. The maximum absolute atomic E-state index is 6.36. The zero-order valence-electron chi connectivity index (χ0n) is 13.3. The summed E-state index contributed by atoms with van der Waals surface area (Å²) in [5, 5.41) is 8.43. The average Bonchev–Trinajstić information content (AvgIpc) is 2.63. The Kier molecular flexibility index (Phi) is 4.52. The first-order valence-electron chi connectivity index (χ1n) is 8.32. The first kappa shape index (κ1) is 15.6. The molecule has 2 N–H and O–H groups in total. The molecule has 1 fully saturated rings. The highest BCUT2D eigenvalue weighted by Crippen LogP contribution is 2.27. The zero-order valence-corrected chi connectivity index (χ0v) is 14.1. The van der Waals surface area contributed by atoms with E-state index in [4.69, 9.17) is 16.3 Å². The van der Waals surface area contributed by atoms with Crippen molar-refractivity contribution in [2.45, 2.75) is 12.5 Å². The molecule has 1 aliphatic heterocycles. The molecule has 0 radical (unpaired) electrons. The fourth-order valence-electron chi connectivity index (χ4n) is 3.21. The van der Waals surface area contributed by atoms with Crippen LogP contribution >= 0.6 is 11.6 Å². The van der Waals surface area contributed by atoms with Gasteiger partial charge in [0.2, 0.25) is 0 Å². The Bertz CT molecular complexity index is 796. The number of aromatic nitrogens is 1. The summed E-state index contributed by atoms with van der Waals surface area (Å²) in [6, 6.07) is 9.77. The standard InChI is InChI=1S/C19H20ClN3O/c20-16-11-19(23-17-4-2-1-3-15(16)17)22-14-7-5-13(6-8-14)18-12-21-9-10-24-18/h1-5,7-8,11,13,18,21H,6,9-10,12H2,(H,22,23)/t13?,18-/m1/s1. The number of nitrogens with zero attached hydrogens (tertiary/aromatic N) is 1. The zero-order chi connectivity index (χ0) is 16.4. The number of allylic oxidation sites excluding steroid dienone is 2. The molecule has 24 heavy (non-hydrogen) atoms. The van der Waals surface area contributed by atoms with Crippen molar-refractivity contribution in [2.75, 3.05) is 25.0 Å². The van der Waals surface area contributed by atoms with Crippen LogP contribution in [-0.4, -0.2) is 30.8 Å². The van der Waals surface area contributed by atoms with Crippen molar-refractivity contribution < 1.29 is 4.74 Å². The number of hydrogen-bond donors (Lipinski definition) is 2. The first-order valence-corrected chi connectivity index (χ1v) is 8.70. The van der Waals surface area contributed by atoms with Gasteiger partial charge in [-0.05, 0) is 18.6 Å². The van der Waals surface area contributed by atoms with Gasteiger partial charge in [0.25, 0.3) is 0 Å². The molecule has 1 saturated heterocycles. The molecule has 2 aliphatic rings. The van der Waals surface area contributed by atoms with E-state index < -0.39 is 0 Å². The maximum atomic E-state index is 6.36. The molecule has 4 rings (SSSR count). The van der Waals surface area contributed by atoms with Gasteiger partial charge in [-0.15, -0.1) is 0 Å². The number of fused-ring (bicyclic) bond motifs is 1. The van der Waals surface area contributed by atoms with Gasteiger partial charge in [0.15, 0.2) is 0 Å². The van der Waals surface area contributed by atoms with Crippen LogP contribution in [-0.2, 0) is 4.74 Å². The monoisotopic (exact) mass is 341 g/mol. The van der Waals surface area contributed by atoms with E-state index in [1.807, 2.05) is 30.3 Å². The third-order valence-corrected chi connectivity index (χ3v) is 4.82. The van der Waals surface area contributed by atoms with Gasteiger partial charge in [0, 0.05) is 36.2 Å². The molecule has 2 aromatic rings. The average molecular weight is 342 g/mol. The highest BCUT2D eigenvalue weighted by molar-refractivity contribution is 6.35. The number of nitrogens with one attached hydrogen (secondary N) is 2. The lowest BCUT2D eigenvalue weighted by atomic mass is 9.93. The second-order valence-corrected chi connectivity index (χ2v) is 6.57. The highest BCUT2D eigenvalue weighted by Gasteiger charge is 2.23. The van der Waals surface area contributed by atoms with Crippen LogP contribution < -0.4 is 10.6 Å². The summed E-state index contributed by atoms with van der Waals surface area (Å²) in [4.78, 5) is 4.63. The molecule has 2 heterocycles. The molecule has 5 heteroatoms. The van der Waals surface area contributed by atoms with Crippen molar-refractivity contribution >= 4 is 28.3 Å². The summed E-state index contributed by atoms with van der Waals surface area (Å²) in [7, 11) is 0. The fourth-order valence-corrected chi connectivity index (χ4v) is 3.47. The number of pyridine rings is 1. The third-order valence-electron chi connectivity index (χ3n) is 4.50. The van der Waals surface area contributed by atoms with Crippen molar-refractivity contribution in [3.05, 3.63) is 59.3 Å². The predicted molar refractivity (Wildman–Crippen MR) is 98.3 cm³/mol. The smallest absolute Gasteiger partial charge is 0.132 e. The van der Waals surface area contributed by atoms with Gasteiger partial charge in [-0.2, -0.15) is 0 Å². The number of rotatable bonds is 3. The van der Waals surface area contributed by atoms with Crippen molar-refractivity contribution in [1.29, 1.82) is 0 Å². The lowest BCUT2D eigenvalue weighted by molar-refractivity contribution is 0.00355. The molecule has 1 aliphatic carbocycles. The Hall–Kier alpha value is -1.88. The summed E-state index contributed by atoms with van der Waals surface area (Å²) in [6.07, 6.45) is 7.76. The number of morpholine rings is 1. The second-order valence-electron chi connectivity index (χ2n) is 6.16. The van der Waals surface area contributed by atoms with Crippen LogP contribution in [0, 0.1) is 5.92 Å². The number of benzene rings is 1. The molecule has 0 bridgehead atoms. The first-order chi connectivity index (χ1) is 11.8. The number of anilines is 1. The largest absolute Gasteiger partial charge is 0.375 e. The molecule has 1 aromatic carbocycles. The van der Waals surface area contributed by atoms with Gasteiger partial charge >= 0.3 is 0 Å². The summed E-state index contributed by atoms with van der Waals surface area (Å²) in [6.45, 7) is 2.67. The minimum Gasteiger partial charge on any atom is -0.375 e. The van der Waals surface area contributed by atoms with Crippen LogP contribution in [0.25, 0.3) is 10.9 Å². The van der Waals surface area contributed by atoms with Crippen molar-refractivity contribution in [3.8, 4) is 0 Å². The van der Waals surface area contributed by atoms with Crippen LogP contribution in [0.5, 0.6) is 0 Å². The Balaban J connectivity index is 1.46. The number of halogens is 1. The molecule has 4 nitrogen and oxygen atoms in total. The molecule has 1 aromatic heterocycles. The van der Waals surface area contributed by atoms with Crippen molar-refractivity contribution in [3.63, 3.8) is 0 Å². The van der Waals surface area contributed by atoms with E-state index in [9.17, 15) is 0 Å². The second kappa shape index (κ2) is 6.93. The van der Waals surface area contributed by atoms with Crippen LogP contribution in [0.3, 0.4) is 0 Å². The van der Waals surface area contributed by atoms with E-state index in [1.165, 1.54) is 0 Å². The lowest BCUT2D eigenvalue weighted by Crippen LogP contribution is -2.42. The molecular weight excluding hydrogens is 322 g/mol. The van der Waals surface area contributed by atoms with E-state index in [0.717, 1.165) is 48.5 Å². The minimum atomic E-state index is 0.265. The molecule has 0 amide bonds. The van der Waals surface area contributed by atoms with Crippen LogP contribution in [0.4, 0.5) is 5.82 Å². The summed E-state index contributed by atoms with van der Waals surface area (Å²) in [5.41, 5.74) is 1.95.